The Bertz CT molecular complexity index is 295. The summed E-state index contributed by atoms with van der Waals surface area (Å²) in [6.45, 7) is 0.133. The minimum absolute atomic E-state index is 0.133. The third kappa shape index (κ3) is 3.24. The first-order chi connectivity index (χ1) is 7.38. The lowest BCUT2D eigenvalue weighted by atomic mass is 10.0. The van der Waals surface area contributed by atoms with Gasteiger partial charge in [0.2, 0.25) is 0 Å². The summed E-state index contributed by atoms with van der Waals surface area (Å²) in [4.78, 5) is 4.24. The van der Waals surface area contributed by atoms with Crippen LogP contribution in [0.25, 0.3) is 0 Å². The Kier molecular flexibility index (Phi) is 4.09. The number of hydrogen-bond donors (Lipinski definition) is 1. The number of rotatable bonds is 4. The summed E-state index contributed by atoms with van der Waals surface area (Å²) in [6.07, 6.45) is 5.89. The molecule has 0 spiro atoms. The average Bonchev–Trinajstić information content (AvgIpc) is 2.68. The van der Waals surface area contributed by atoms with Crippen LogP contribution in [0.2, 0.25) is 0 Å². The molecule has 1 aromatic rings. The maximum atomic E-state index is 8.76. The van der Waals surface area contributed by atoms with E-state index in [1.807, 2.05) is 11.8 Å². The van der Waals surface area contributed by atoms with Gasteiger partial charge in [-0.15, -0.1) is 0 Å². The topological polar surface area (TPSA) is 46.3 Å². The summed E-state index contributed by atoms with van der Waals surface area (Å²) < 4.78 is 5.55. The van der Waals surface area contributed by atoms with Gasteiger partial charge >= 0.3 is 0 Å². The largest absolute Gasteiger partial charge is 0.446 e. The molecule has 1 N–H and O–H groups in total. The summed E-state index contributed by atoms with van der Waals surface area (Å²) in [7, 11) is 0. The van der Waals surface area contributed by atoms with E-state index in [-0.39, 0.29) is 6.61 Å². The Morgan fingerprint density at radius 3 is 3.27 bits per heavy atom. The van der Waals surface area contributed by atoms with Gasteiger partial charge in [0.15, 0.2) is 5.89 Å². The van der Waals surface area contributed by atoms with E-state index in [1.165, 1.54) is 24.3 Å². The first-order valence-electron chi connectivity index (χ1n) is 5.50. The molecule has 1 fully saturated rings. The van der Waals surface area contributed by atoms with Crippen LogP contribution in [0.4, 0.5) is 0 Å². The van der Waals surface area contributed by atoms with Crippen molar-refractivity contribution in [1.82, 2.24) is 4.98 Å². The highest BCUT2D eigenvalue weighted by molar-refractivity contribution is 7.99. The van der Waals surface area contributed by atoms with Crippen LogP contribution in [0.15, 0.2) is 10.6 Å². The molecule has 3 nitrogen and oxygen atoms in total. The van der Waals surface area contributed by atoms with Crippen molar-refractivity contribution in [3.8, 4) is 0 Å². The van der Waals surface area contributed by atoms with Crippen molar-refractivity contribution in [2.45, 2.75) is 25.7 Å². The quantitative estimate of drug-likeness (QED) is 0.853. The molecule has 1 aliphatic rings. The lowest BCUT2D eigenvalue weighted by Crippen LogP contribution is -2.13. The van der Waals surface area contributed by atoms with Crippen LogP contribution in [0, 0.1) is 5.92 Å². The summed E-state index contributed by atoms with van der Waals surface area (Å²) in [5, 5.41) is 8.76. The molecule has 0 amide bonds. The van der Waals surface area contributed by atoms with Gasteiger partial charge in [0.1, 0.15) is 5.76 Å². The van der Waals surface area contributed by atoms with Crippen molar-refractivity contribution >= 4 is 11.8 Å². The van der Waals surface area contributed by atoms with E-state index < -0.39 is 0 Å². The molecule has 0 radical (unpaired) electrons. The second kappa shape index (κ2) is 5.56. The SMILES string of the molecule is OCCc1cnc(CC2CCCSC2)o1. The van der Waals surface area contributed by atoms with Gasteiger partial charge in [0, 0.05) is 12.8 Å². The molecule has 1 unspecified atom stereocenters. The molecule has 0 bridgehead atoms. The summed E-state index contributed by atoms with van der Waals surface area (Å²) in [5.41, 5.74) is 0. The third-order valence-corrected chi connectivity index (χ3v) is 3.96. The average molecular weight is 227 g/mol. The van der Waals surface area contributed by atoms with E-state index in [1.54, 1.807) is 6.20 Å². The van der Waals surface area contributed by atoms with Crippen molar-refractivity contribution < 1.29 is 9.52 Å². The maximum absolute atomic E-state index is 8.76. The monoisotopic (exact) mass is 227 g/mol. The van der Waals surface area contributed by atoms with Gasteiger partial charge in [-0.25, -0.2) is 4.98 Å². The van der Waals surface area contributed by atoms with Crippen molar-refractivity contribution in [3.63, 3.8) is 0 Å². The highest BCUT2D eigenvalue weighted by Crippen LogP contribution is 2.25. The van der Waals surface area contributed by atoms with Crippen molar-refractivity contribution in [1.29, 1.82) is 0 Å². The molecule has 0 saturated carbocycles. The Balaban J connectivity index is 1.86. The van der Waals surface area contributed by atoms with Gasteiger partial charge in [-0.3, -0.25) is 0 Å². The van der Waals surface area contributed by atoms with E-state index in [4.69, 9.17) is 9.52 Å². The van der Waals surface area contributed by atoms with Crippen LogP contribution in [0.1, 0.15) is 24.5 Å². The van der Waals surface area contributed by atoms with Gasteiger partial charge in [-0.05, 0) is 30.3 Å². The van der Waals surface area contributed by atoms with E-state index in [2.05, 4.69) is 4.98 Å². The van der Waals surface area contributed by atoms with Crippen molar-refractivity contribution in [2.75, 3.05) is 18.1 Å². The fourth-order valence-electron chi connectivity index (χ4n) is 1.88. The van der Waals surface area contributed by atoms with Gasteiger partial charge in [-0.1, -0.05) is 0 Å². The minimum atomic E-state index is 0.133. The molecule has 1 saturated heterocycles. The Labute approximate surface area is 94.3 Å². The predicted molar refractivity (Wildman–Crippen MR) is 61.0 cm³/mol. The third-order valence-electron chi connectivity index (χ3n) is 2.68. The molecule has 0 aliphatic carbocycles. The van der Waals surface area contributed by atoms with Crippen LogP contribution in [-0.4, -0.2) is 28.2 Å². The Morgan fingerprint density at radius 2 is 2.53 bits per heavy atom. The van der Waals surface area contributed by atoms with Crippen molar-refractivity contribution in [2.24, 2.45) is 5.92 Å². The fraction of sp³-hybridized carbons (Fsp3) is 0.727. The molecule has 2 heterocycles. The zero-order valence-electron chi connectivity index (χ0n) is 8.82. The van der Waals surface area contributed by atoms with Gasteiger partial charge < -0.3 is 9.52 Å². The van der Waals surface area contributed by atoms with E-state index >= 15 is 0 Å². The number of oxazole rings is 1. The molecule has 1 atom stereocenters. The first-order valence-corrected chi connectivity index (χ1v) is 6.66. The van der Waals surface area contributed by atoms with Crippen LogP contribution in [0.5, 0.6) is 0 Å². The van der Waals surface area contributed by atoms with Gasteiger partial charge in [-0.2, -0.15) is 11.8 Å². The molecular weight excluding hydrogens is 210 g/mol. The number of aliphatic hydroxyl groups excluding tert-OH is 1. The van der Waals surface area contributed by atoms with E-state index in [0.717, 1.165) is 24.0 Å². The second-order valence-electron chi connectivity index (χ2n) is 3.98. The second-order valence-corrected chi connectivity index (χ2v) is 5.13. The molecule has 4 heteroatoms. The molecule has 1 aromatic heterocycles. The van der Waals surface area contributed by atoms with Crippen molar-refractivity contribution in [3.05, 3.63) is 17.8 Å². The highest BCUT2D eigenvalue weighted by Gasteiger charge is 2.16. The maximum Gasteiger partial charge on any atom is 0.194 e. The molecule has 2 rings (SSSR count). The smallest absolute Gasteiger partial charge is 0.194 e. The molecule has 1 aliphatic heterocycles. The van der Waals surface area contributed by atoms with Crippen LogP contribution in [0.3, 0.4) is 0 Å². The molecule has 15 heavy (non-hydrogen) atoms. The Morgan fingerprint density at radius 1 is 1.60 bits per heavy atom. The number of thioether (sulfide) groups is 1. The number of aromatic nitrogens is 1. The summed E-state index contributed by atoms with van der Waals surface area (Å²) in [5.74, 6) is 4.90. The zero-order valence-corrected chi connectivity index (χ0v) is 9.63. The molecule has 0 aromatic carbocycles. The fourth-order valence-corrected chi connectivity index (χ4v) is 3.04. The normalized spacial score (nSPS) is 21.8. The molecular formula is C11H17NO2S. The van der Waals surface area contributed by atoms with Crippen LogP contribution >= 0.6 is 11.8 Å². The number of hydrogen-bond acceptors (Lipinski definition) is 4. The summed E-state index contributed by atoms with van der Waals surface area (Å²) >= 11 is 2.03. The van der Waals surface area contributed by atoms with E-state index in [0.29, 0.717) is 6.42 Å². The predicted octanol–water partition coefficient (Wildman–Crippen LogP) is 1.90. The van der Waals surface area contributed by atoms with E-state index in [9.17, 15) is 0 Å². The van der Waals surface area contributed by atoms with Gasteiger partial charge in [0.05, 0.1) is 12.8 Å². The lowest BCUT2D eigenvalue weighted by Gasteiger charge is -2.19. The van der Waals surface area contributed by atoms with Gasteiger partial charge in [0.25, 0.3) is 0 Å². The molecule has 84 valence electrons. The number of nitrogens with zero attached hydrogens (tertiary/aromatic N) is 1. The van der Waals surface area contributed by atoms with Crippen LogP contribution in [-0.2, 0) is 12.8 Å². The standard InChI is InChI=1S/C11H17NO2S/c13-4-3-10-7-12-11(14-10)6-9-2-1-5-15-8-9/h7,9,13H,1-6,8H2. The first kappa shape index (κ1) is 11.0. The Hall–Kier alpha value is -0.480. The lowest BCUT2D eigenvalue weighted by molar-refractivity contribution is 0.284. The number of aliphatic hydroxyl groups is 1. The van der Waals surface area contributed by atoms with Crippen LogP contribution < -0.4 is 0 Å². The minimum Gasteiger partial charge on any atom is -0.446 e. The highest BCUT2D eigenvalue weighted by atomic mass is 32.2. The zero-order chi connectivity index (χ0) is 10.5. The summed E-state index contributed by atoms with van der Waals surface area (Å²) in [6, 6.07) is 0.